The summed E-state index contributed by atoms with van der Waals surface area (Å²) in [6.07, 6.45) is 1.39. The molecule has 1 aliphatic rings. The van der Waals surface area contributed by atoms with E-state index in [0.29, 0.717) is 6.54 Å². The molecule has 0 spiro atoms. The zero-order chi connectivity index (χ0) is 14.6. The molecular formula is C14H27NO4. The van der Waals surface area contributed by atoms with Gasteiger partial charge in [-0.15, -0.1) is 0 Å². The van der Waals surface area contributed by atoms with Crippen LogP contribution in [0.4, 0.5) is 4.79 Å². The summed E-state index contributed by atoms with van der Waals surface area (Å²) in [5, 5.41) is 9.29. The van der Waals surface area contributed by atoms with Crippen LogP contribution in [0, 0.1) is 5.92 Å². The number of nitrogens with zero attached hydrogens (tertiary/aromatic N) is 1. The molecule has 3 atom stereocenters. The van der Waals surface area contributed by atoms with Crippen LogP contribution >= 0.6 is 0 Å². The number of aliphatic hydroxyl groups is 1. The van der Waals surface area contributed by atoms with Gasteiger partial charge in [0.05, 0.1) is 12.1 Å². The van der Waals surface area contributed by atoms with Crippen LogP contribution in [0.15, 0.2) is 0 Å². The van der Waals surface area contributed by atoms with Crippen LogP contribution in [0.3, 0.4) is 0 Å². The van der Waals surface area contributed by atoms with Crippen molar-refractivity contribution in [3.63, 3.8) is 0 Å². The molecule has 5 heteroatoms. The molecular weight excluding hydrogens is 246 g/mol. The van der Waals surface area contributed by atoms with Crippen molar-refractivity contribution in [2.45, 2.75) is 58.3 Å². The number of ether oxygens (including phenoxy) is 2. The molecule has 1 aliphatic heterocycles. The first-order valence-corrected chi connectivity index (χ1v) is 6.93. The number of amides is 1. The minimum absolute atomic E-state index is 0.00182. The van der Waals surface area contributed by atoms with Gasteiger partial charge in [-0.2, -0.15) is 0 Å². The highest BCUT2D eigenvalue weighted by molar-refractivity contribution is 5.69. The van der Waals surface area contributed by atoms with E-state index in [0.717, 1.165) is 12.8 Å². The lowest BCUT2D eigenvalue weighted by Gasteiger charge is -2.34. The highest BCUT2D eigenvalue weighted by Gasteiger charge is 2.39. The lowest BCUT2D eigenvalue weighted by Crippen LogP contribution is -2.48. The molecule has 1 fully saturated rings. The second-order valence-electron chi connectivity index (χ2n) is 6.24. The predicted octanol–water partition coefficient (Wildman–Crippen LogP) is 2.03. The smallest absolute Gasteiger partial charge is 0.410 e. The van der Waals surface area contributed by atoms with E-state index in [1.165, 1.54) is 0 Å². The molecule has 1 saturated heterocycles. The van der Waals surface area contributed by atoms with Crippen LogP contribution in [0.25, 0.3) is 0 Å². The van der Waals surface area contributed by atoms with E-state index >= 15 is 0 Å². The maximum absolute atomic E-state index is 12.2. The Kier molecular flexibility index (Phi) is 5.62. The number of rotatable bonds is 4. The first-order valence-electron chi connectivity index (χ1n) is 6.93. The number of carbonyl (C=O) groups excluding carboxylic acids is 1. The van der Waals surface area contributed by atoms with Crippen LogP contribution in [0.2, 0.25) is 0 Å². The van der Waals surface area contributed by atoms with Crippen LogP contribution in [-0.2, 0) is 9.47 Å². The molecule has 3 unspecified atom stereocenters. The van der Waals surface area contributed by atoms with Crippen molar-refractivity contribution in [3.05, 3.63) is 0 Å². The molecule has 0 aliphatic carbocycles. The van der Waals surface area contributed by atoms with Gasteiger partial charge in [0.15, 0.2) is 0 Å². The SMILES string of the molecule is COC(C(C)CO)C1CCCN1C(=O)OC(C)(C)C. The number of methoxy groups -OCH3 is 1. The van der Waals surface area contributed by atoms with Crippen molar-refractivity contribution in [2.24, 2.45) is 5.92 Å². The molecule has 0 radical (unpaired) electrons. The van der Waals surface area contributed by atoms with E-state index in [1.54, 1.807) is 12.0 Å². The highest BCUT2D eigenvalue weighted by atomic mass is 16.6. The Labute approximate surface area is 115 Å². The number of hydrogen-bond acceptors (Lipinski definition) is 4. The van der Waals surface area contributed by atoms with E-state index in [9.17, 15) is 9.90 Å². The van der Waals surface area contributed by atoms with Crippen LogP contribution in [0.1, 0.15) is 40.5 Å². The highest BCUT2D eigenvalue weighted by Crippen LogP contribution is 2.27. The maximum Gasteiger partial charge on any atom is 0.410 e. The monoisotopic (exact) mass is 273 g/mol. The fourth-order valence-corrected chi connectivity index (χ4v) is 2.55. The van der Waals surface area contributed by atoms with Crippen molar-refractivity contribution in [1.82, 2.24) is 4.90 Å². The van der Waals surface area contributed by atoms with Crippen LogP contribution < -0.4 is 0 Å². The second-order valence-corrected chi connectivity index (χ2v) is 6.24. The molecule has 0 saturated carbocycles. The minimum atomic E-state index is -0.491. The van der Waals surface area contributed by atoms with Gasteiger partial charge in [-0.05, 0) is 33.6 Å². The Hall–Kier alpha value is -0.810. The summed E-state index contributed by atoms with van der Waals surface area (Å²) >= 11 is 0. The second kappa shape index (κ2) is 6.57. The molecule has 0 aromatic heterocycles. The third-order valence-electron chi connectivity index (χ3n) is 3.43. The summed E-state index contributed by atoms with van der Waals surface area (Å²) in [4.78, 5) is 13.9. The normalized spacial score (nSPS) is 23.3. The quantitative estimate of drug-likeness (QED) is 0.851. The third kappa shape index (κ3) is 4.35. The van der Waals surface area contributed by atoms with Crippen molar-refractivity contribution >= 4 is 6.09 Å². The summed E-state index contributed by atoms with van der Waals surface area (Å²) in [5.74, 6) is -0.00182. The summed E-state index contributed by atoms with van der Waals surface area (Å²) in [6.45, 7) is 8.26. The van der Waals surface area contributed by atoms with Gasteiger partial charge in [-0.3, -0.25) is 0 Å². The summed E-state index contributed by atoms with van der Waals surface area (Å²) in [6, 6.07) is -0.0120. The Morgan fingerprint density at radius 3 is 2.58 bits per heavy atom. The topological polar surface area (TPSA) is 59.0 Å². The Balaban J connectivity index is 2.75. The lowest BCUT2D eigenvalue weighted by atomic mass is 9.96. The molecule has 19 heavy (non-hydrogen) atoms. The lowest BCUT2D eigenvalue weighted by molar-refractivity contribution is -0.0315. The summed E-state index contributed by atoms with van der Waals surface area (Å²) in [5.41, 5.74) is -0.491. The van der Waals surface area contributed by atoms with E-state index in [1.807, 2.05) is 27.7 Å². The Morgan fingerprint density at radius 2 is 2.11 bits per heavy atom. The van der Waals surface area contributed by atoms with E-state index < -0.39 is 5.60 Å². The van der Waals surface area contributed by atoms with Crippen LogP contribution in [-0.4, -0.2) is 54.1 Å². The zero-order valence-electron chi connectivity index (χ0n) is 12.7. The predicted molar refractivity (Wildman–Crippen MR) is 73.0 cm³/mol. The van der Waals surface area contributed by atoms with Crippen molar-refractivity contribution in [1.29, 1.82) is 0 Å². The van der Waals surface area contributed by atoms with Gasteiger partial charge in [-0.1, -0.05) is 6.92 Å². The molecule has 0 aromatic rings. The van der Waals surface area contributed by atoms with Gasteiger partial charge in [0.2, 0.25) is 0 Å². The van der Waals surface area contributed by atoms with Crippen molar-refractivity contribution < 1.29 is 19.4 Å². The molecule has 1 heterocycles. The van der Waals surface area contributed by atoms with Gasteiger partial charge < -0.3 is 19.5 Å². The largest absolute Gasteiger partial charge is 0.444 e. The molecule has 1 N–H and O–H groups in total. The minimum Gasteiger partial charge on any atom is -0.444 e. The van der Waals surface area contributed by atoms with Gasteiger partial charge in [-0.25, -0.2) is 4.79 Å². The third-order valence-corrected chi connectivity index (χ3v) is 3.43. The van der Waals surface area contributed by atoms with Gasteiger partial charge in [0.1, 0.15) is 5.60 Å². The molecule has 0 bridgehead atoms. The average Bonchev–Trinajstić information content (AvgIpc) is 2.76. The molecule has 5 nitrogen and oxygen atoms in total. The first kappa shape index (κ1) is 16.2. The van der Waals surface area contributed by atoms with Crippen molar-refractivity contribution in [3.8, 4) is 0 Å². The van der Waals surface area contributed by atoms with Crippen molar-refractivity contribution in [2.75, 3.05) is 20.3 Å². The molecule has 1 rings (SSSR count). The summed E-state index contributed by atoms with van der Waals surface area (Å²) < 4.78 is 10.9. The number of carbonyl (C=O) groups is 1. The average molecular weight is 273 g/mol. The van der Waals surface area contributed by atoms with Crippen LogP contribution in [0.5, 0.6) is 0 Å². The maximum atomic E-state index is 12.2. The zero-order valence-corrected chi connectivity index (χ0v) is 12.7. The fourth-order valence-electron chi connectivity index (χ4n) is 2.55. The first-order chi connectivity index (χ1) is 8.80. The Bertz CT molecular complexity index is 300. The fraction of sp³-hybridized carbons (Fsp3) is 0.929. The number of hydrogen-bond donors (Lipinski definition) is 1. The molecule has 112 valence electrons. The van der Waals surface area contributed by atoms with E-state index in [2.05, 4.69) is 0 Å². The van der Waals surface area contributed by atoms with E-state index in [4.69, 9.17) is 9.47 Å². The summed E-state index contributed by atoms with van der Waals surface area (Å²) in [7, 11) is 1.63. The van der Waals surface area contributed by atoms with Gasteiger partial charge >= 0.3 is 6.09 Å². The number of likely N-dealkylation sites (tertiary alicyclic amines) is 1. The van der Waals surface area contributed by atoms with Gasteiger partial charge in [0.25, 0.3) is 0 Å². The molecule has 0 aromatic carbocycles. The Morgan fingerprint density at radius 1 is 1.47 bits per heavy atom. The van der Waals surface area contributed by atoms with Gasteiger partial charge in [0, 0.05) is 26.2 Å². The standard InChI is InChI=1S/C14H27NO4/c1-10(9-16)12(18-5)11-7-6-8-15(11)13(17)19-14(2,3)4/h10-12,16H,6-9H2,1-5H3. The van der Waals surface area contributed by atoms with E-state index in [-0.39, 0.29) is 30.8 Å². The number of aliphatic hydroxyl groups excluding tert-OH is 1. The molecule has 1 amide bonds.